The lowest BCUT2D eigenvalue weighted by Gasteiger charge is -2.36. The molecule has 1 aliphatic heterocycles. The molecule has 3 N–H and O–H groups in total. The van der Waals surface area contributed by atoms with E-state index < -0.39 is 0 Å². The van der Waals surface area contributed by atoms with Gasteiger partial charge in [0.2, 0.25) is 0 Å². The van der Waals surface area contributed by atoms with E-state index in [4.69, 9.17) is 15.6 Å². The van der Waals surface area contributed by atoms with Crippen LogP contribution in [0.4, 0.5) is 10.1 Å². The molecule has 1 fully saturated rings. The summed E-state index contributed by atoms with van der Waals surface area (Å²) < 4.78 is 18.9. The van der Waals surface area contributed by atoms with Gasteiger partial charge in [0, 0.05) is 19.6 Å². The number of aliphatic hydroxyl groups excluding tert-OH is 1. The van der Waals surface area contributed by atoms with Crippen LogP contribution in [0.5, 0.6) is 0 Å². The van der Waals surface area contributed by atoms with Gasteiger partial charge in [-0.15, -0.1) is 0 Å². The molecule has 1 aromatic carbocycles. The van der Waals surface area contributed by atoms with Crippen molar-refractivity contribution in [3.05, 3.63) is 29.6 Å². The summed E-state index contributed by atoms with van der Waals surface area (Å²) in [5, 5.41) is 9.14. The zero-order chi connectivity index (χ0) is 13.1. The van der Waals surface area contributed by atoms with Gasteiger partial charge in [-0.05, 0) is 24.6 Å². The van der Waals surface area contributed by atoms with E-state index in [1.54, 1.807) is 6.07 Å². The zero-order valence-corrected chi connectivity index (χ0v) is 10.5. The van der Waals surface area contributed by atoms with Crippen LogP contribution in [-0.2, 0) is 11.3 Å². The van der Waals surface area contributed by atoms with Gasteiger partial charge in [-0.1, -0.05) is 6.07 Å². The van der Waals surface area contributed by atoms with Crippen molar-refractivity contribution in [2.75, 3.05) is 25.4 Å². The van der Waals surface area contributed by atoms with Crippen LogP contribution in [0.2, 0.25) is 0 Å². The first kappa shape index (κ1) is 13.3. The molecule has 1 heterocycles. The van der Waals surface area contributed by atoms with Crippen molar-refractivity contribution >= 4 is 5.69 Å². The number of morpholine rings is 1. The molecule has 0 amide bonds. The predicted octanol–water partition coefficient (Wildman–Crippen LogP) is 0.990. The Balaban J connectivity index is 2.01. The third-order valence-corrected chi connectivity index (χ3v) is 3.08. The van der Waals surface area contributed by atoms with Gasteiger partial charge in [-0.2, -0.15) is 0 Å². The maximum Gasteiger partial charge on any atom is 0.146 e. The zero-order valence-electron chi connectivity index (χ0n) is 10.5. The largest absolute Gasteiger partial charge is 0.396 e. The first-order valence-corrected chi connectivity index (χ1v) is 6.11. The lowest BCUT2D eigenvalue weighted by atomic mass is 10.1. The van der Waals surface area contributed by atoms with Crippen LogP contribution < -0.4 is 5.73 Å². The number of aliphatic hydroxyl groups is 1. The van der Waals surface area contributed by atoms with E-state index in [9.17, 15) is 4.39 Å². The number of ether oxygens (including phenoxy) is 1. The van der Waals surface area contributed by atoms with Crippen LogP contribution in [0.3, 0.4) is 0 Å². The summed E-state index contributed by atoms with van der Waals surface area (Å²) in [4.78, 5) is 2.15. The number of nitrogen functional groups attached to an aromatic ring is 1. The van der Waals surface area contributed by atoms with Crippen LogP contribution in [0.1, 0.15) is 12.5 Å². The normalized spacial score (nSPS) is 25.3. The SMILES string of the molecule is CC1CN(Cc2ccc(N)c(F)c2)CC(CO)O1. The summed E-state index contributed by atoms with van der Waals surface area (Å²) in [6.45, 7) is 4.06. The first-order chi connectivity index (χ1) is 8.58. The quantitative estimate of drug-likeness (QED) is 0.790. The molecule has 1 saturated heterocycles. The molecule has 0 aliphatic carbocycles. The van der Waals surface area contributed by atoms with Gasteiger partial charge in [0.05, 0.1) is 24.5 Å². The lowest BCUT2D eigenvalue weighted by molar-refractivity contribution is -0.0972. The van der Waals surface area contributed by atoms with E-state index in [-0.39, 0.29) is 30.3 Å². The Morgan fingerprint density at radius 2 is 2.28 bits per heavy atom. The molecule has 18 heavy (non-hydrogen) atoms. The second-order valence-electron chi connectivity index (χ2n) is 4.80. The fourth-order valence-corrected chi connectivity index (χ4v) is 2.30. The van der Waals surface area contributed by atoms with Gasteiger partial charge >= 0.3 is 0 Å². The molecular formula is C13H19FN2O2. The molecule has 0 radical (unpaired) electrons. The van der Waals surface area contributed by atoms with E-state index in [2.05, 4.69) is 4.90 Å². The summed E-state index contributed by atoms with van der Waals surface area (Å²) >= 11 is 0. The van der Waals surface area contributed by atoms with E-state index in [1.807, 2.05) is 13.0 Å². The highest BCUT2D eigenvalue weighted by molar-refractivity contribution is 5.41. The number of rotatable bonds is 3. The Morgan fingerprint density at radius 1 is 1.50 bits per heavy atom. The topological polar surface area (TPSA) is 58.7 Å². The fourth-order valence-electron chi connectivity index (χ4n) is 2.30. The van der Waals surface area contributed by atoms with Crippen LogP contribution in [-0.4, -0.2) is 41.9 Å². The predicted molar refractivity (Wildman–Crippen MR) is 67.5 cm³/mol. The Morgan fingerprint density at radius 3 is 2.94 bits per heavy atom. The van der Waals surface area contributed by atoms with Crippen LogP contribution in [0.25, 0.3) is 0 Å². The number of nitrogens with two attached hydrogens (primary N) is 1. The summed E-state index contributed by atoms with van der Waals surface area (Å²) in [6.07, 6.45) is -0.0816. The average molecular weight is 254 g/mol. The molecule has 0 bridgehead atoms. The Labute approximate surface area is 106 Å². The molecule has 100 valence electrons. The van der Waals surface area contributed by atoms with Crippen molar-refractivity contribution in [2.45, 2.75) is 25.7 Å². The standard InChI is InChI=1S/C13H19FN2O2/c1-9-5-16(7-11(8-17)18-9)6-10-2-3-13(15)12(14)4-10/h2-4,9,11,17H,5-8,15H2,1H3. The second kappa shape index (κ2) is 5.65. The minimum atomic E-state index is -0.382. The van der Waals surface area contributed by atoms with Gasteiger partial charge in [-0.25, -0.2) is 4.39 Å². The third kappa shape index (κ3) is 3.19. The molecule has 1 aromatic rings. The molecule has 5 heteroatoms. The number of hydrogen-bond acceptors (Lipinski definition) is 4. The average Bonchev–Trinajstić information content (AvgIpc) is 2.33. The molecule has 2 rings (SSSR count). The van der Waals surface area contributed by atoms with E-state index in [0.29, 0.717) is 13.1 Å². The molecule has 4 nitrogen and oxygen atoms in total. The smallest absolute Gasteiger partial charge is 0.146 e. The van der Waals surface area contributed by atoms with Crippen molar-refractivity contribution in [1.82, 2.24) is 4.90 Å². The highest BCUT2D eigenvalue weighted by Gasteiger charge is 2.24. The minimum Gasteiger partial charge on any atom is -0.396 e. The van der Waals surface area contributed by atoms with Gasteiger partial charge < -0.3 is 15.6 Å². The van der Waals surface area contributed by atoms with Crippen molar-refractivity contribution in [1.29, 1.82) is 0 Å². The van der Waals surface area contributed by atoms with E-state index >= 15 is 0 Å². The maximum atomic E-state index is 13.3. The Bertz CT molecular complexity index is 414. The molecule has 0 saturated carbocycles. The monoisotopic (exact) mass is 254 g/mol. The van der Waals surface area contributed by atoms with E-state index in [0.717, 1.165) is 12.1 Å². The van der Waals surface area contributed by atoms with Gasteiger partial charge in [0.25, 0.3) is 0 Å². The lowest BCUT2D eigenvalue weighted by Crippen LogP contribution is -2.47. The molecule has 1 aliphatic rings. The first-order valence-electron chi connectivity index (χ1n) is 6.11. The minimum absolute atomic E-state index is 0.0109. The third-order valence-electron chi connectivity index (χ3n) is 3.08. The number of halogens is 1. The molecule has 0 spiro atoms. The molecule has 2 unspecified atom stereocenters. The highest BCUT2D eigenvalue weighted by atomic mass is 19.1. The van der Waals surface area contributed by atoms with Crippen molar-refractivity contribution in [3.8, 4) is 0 Å². The fraction of sp³-hybridized carbons (Fsp3) is 0.538. The van der Waals surface area contributed by atoms with Crippen molar-refractivity contribution in [3.63, 3.8) is 0 Å². The summed E-state index contributed by atoms with van der Waals surface area (Å²) in [7, 11) is 0. The summed E-state index contributed by atoms with van der Waals surface area (Å²) in [5.41, 5.74) is 6.50. The number of anilines is 1. The summed E-state index contributed by atoms with van der Waals surface area (Å²) in [6, 6.07) is 4.87. The molecule has 0 aromatic heterocycles. The van der Waals surface area contributed by atoms with Crippen molar-refractivity contribution < 1.29 is 14.2 Å². The highest BCUT2D eigenvalue weighted by Crippen LogP contribution is 2.17. The number of hydrogen-bond donors (Lipinski definition) is 2. The van der Waals surface area contributed by atoms with Crippen LogP contribution in [0.15, 0.2) is 18.2 Å². The van der Waals surface area contributed by atoms with Crippen molar-refractivity contribution in [2.24, 2.45) is 0 Å². The molecule has 2 atom stereocenters. The van der Waals surface area contributed by atoms with Gasteiger partial charge in [0.1, 0.15) is 5.82 Å². The van der Waals surface area contributed by atoms with Gasteiger partial charge in [-0.3, -0.25) is 4.90 Å². The van der Waals surface area contributed by atoms with E-state index in [1.165, 1.54) is 6.07 Å². The Kier molecular flexibility index (Phi) is 4.16. The van der Waals surface area contributed by atoms with Crippen LogP contribution in [0, 0.1) is 5.82 Å². The maximum absolute atomic E-state index is 13.3. The number of benzene rings is 1. The summed E-state index contributed by atoms with van der Waals surface area (Å²) in [5.74, 6) is -0.382. The Hall–Kier alpha value is -1.17. The second-order valence-corrected chi connectivity index (χ2v) is 4.80. The van der Waals surface area contributed by atoms with Crippen LogP contribution >= 0.6 is 0 Å². The molecular weight excluding hydrogens is 235 g/mol. The van der Waals surface area contributed by atoms with Gasteiger partial charge in [0.15, 0.2) is 0 Å². The number of nitrogens with zero attached hydrogens (tertiary/aromatic N) is 1.